The first-order valence-corrected chi connectivity index (χ1v) is 8.22. The van der Waals surface area contributed by atoms with Crippen molar-refractivity contribution in [3.05, 3.63) is 0 Å². The van der Waals surface area contributed by atoms with E-state index in [0.717, 1.165) is 55.0 Å². The van der Waals surface area contributed by atoms with Crippen molar-refractivity contribution < 1.29 is 17.4 Å². The van der Waals surface area contributed by atoms with Crippen molar-refractivity contribution in [1.29, 1.82) is 0 Å². The predicted octanol–water partition coefficient (Wildman–Crippen LogP) is 2.39. The number of carbonyl (C=O) groups is 1. The molecule has 1 fully saturated rings. The Hall–Kier alpha value is -0.101. The molecule has 106 valence electrons. The van der Waals surface area contributed by atoms with E-state index in [4.69, 9.17) is 7.81 Å². The van der Waals surface area contributed by atoms with Gasteiger partial charge in [0.25, 0.3) is 0 Å². The number of hydrogen-bond donors (Lipinski definition) is 0. The molecule has 0 aromatic rings. The molecular formula is C14H22O4Sn. The monoisotopic (exact) mass is 374 g/mol. The number of epoxide rings is 1. The van der Waals surface area contributed by atoms with E-state index < -0.39 is 11.2 Å². The minimum atomic E-state index is -0.764. The molecule has 1 heterocycles. The van der Waals surface area contributed by atoms with Crippen LogP contribution in [0, 0.1) is 0 Å². The maximum atomic E-state index is 11.3. The molecule has 4 nitrogen and oxygen atoms in total. The van der Waals surface area contributed by atoms with E-state index in [1.54, 1.807) is 0 Å². The number of rotatable bonds is 10. The summed E-state index contributed by atoms with van der Waals surface area (Å²) in [6.07, 6.45) is 8.57. The zero-order chi connectivity index (χ0) is 14.4. The Kier molecular flexibility index (Phi) is 6.80. The molecule has 19 heavy (non-hydrogen) atoms. The molecular weight excluding hydrogens is 351 g/mol. The quantitative estimate of drug-likeness (QED) is 0.436. The molecule has 0 N–H and O–H groups in total. The van der Waals surface area contributed by atoms with E-state index in [9.17, 15) is 9.59 Å². The molecule has 0 amide bonds. The fourth-order valence-electron chi connectivity index (χ4n) is 2.63. The first-order chi connectivity index (χ1) is 9.09. The van der Waals surface area contributed by atoms with E-state index in [0.29, 0.717) is 19.3 Å². The van der Waals surface area contributed by atoms with Crippen LogP contribution >= 0.6 is 0 Å². The van der Waals surface area contributed by atoms with Crippen LogP contribution in [0.2, 0.25) is 0 Å². The van der Waals surface area contributed by atoms with Crippen molar-refractivity contribution in [1.82, 2.24) is 0 Å². The average Bonchev–Trinajstić information content (AvgIpc) is 3.09. The minimum absolute atomic E-state index is 0.208. The summed E-state index contributed by atoms with van der Waals surface area (Å²) < 4.78 is 10.6. The van der Waals surface area contributed by atoms with Gasteiger partial charge in [-0.25, -0.2) is 0 Å². The van der Waals surface area contributed by atoms with Gasteiger partial charge in [-0.1, -0.05) is 0 Å². The summed E-state index contributed by atoms with van der Waals surface area (Å²) in [6.45, 7) is 4.20. The zero-order valence-electron chi connectivity index (χ0n) is 11.8. The third kappa shape index (κ3) is 3.94. The van der Waals surface area contributed by atoms with Crippen LogP contribution in [0.5, 0.6) is 0 Å². The van der Waals surface area contributed by atoms with Gasteiger partial charge >= 0.3 is 129 Å². The summed E-state index contributed by atoms with van der Waals surface area (Å²) >= 11 is 0.758. The number of carbonyl (C=O) groups excluding carboxylic acids is 2. The molecule has 0 spiro atoms. The van der Waals surface area contributed by atoms with Gasteiger partial charge in [-0.15, -0.1) is 0 Å². The van der Waals surface area contributed by atoms with Crippen LogP contribution in [-0.2, 0) is 17.4 Å². The molecule has 1 aliphatic rings. The molecule has 0 aromatic carbocycles. The van der Waals surface area contributed by atoms with Crippen LogP contribution in [0.25, 0.3) is 0 Å². The summed E-state index contributed by atoms with van der Waals surface area (Å²) in [7, 11) is 0. The summed E-state index contributed by atoms with van der Waals surface area (Å²) in [5.41, 5.74) is -1.23. The van der Waals surface area contributed by atoms with Crippen molar-refractivity contribution in [2.75, 3.05) is 0 Å². The zero-order valence-corrected chi connectivity index (χ0v) is 14.6. The maximum absolute atomic E-state index is 11.3. The molecule has 0 saturated carbocycles. The van der Waals surface area contributed by atoms with Gasteiger partial charge in [0.1, 0.15) is 0 Å². The van der Waals surface area contributed by atoms with Crippen LogP contribution in [0.1, 0.15) is 65.2 Å². The van der Waals surface area contributed by atoms with Crippen LogP contribution in [0.4, 0.5) is 0 Å². The summed E-state index contributed by atoms with van der Waals surface area (Å²) in [4.78, 5) is 22.6. The van der Waals surface area contributed by atoms with Crippen LogP contribution in [0.15, 0.2) is 0 Å². The van der Waals surface area contributed by atoms with Crippen molar-refractivity contribution in [2.45, 2.75) is 76.4 Å². The second-order valence-corrected chi connectivity index (χ2v) is 5.79. The van der Waals surface area contributed by atoms with Gasteiger partial charge in [-0.05, 0) is 0 Å². The van der Waals surface area contributed by atoms with Gasteiger partial charge in [0, 0.05) is 0 Å². The molecule has 1 rings (SSSR count). The van der Waals surface area contributed by atoms with E-state index >= 15 is 0 Å². The fraction of sp³-hybridized carbons (Fsp3) is 0.857. The molecule has 5 heteroatoms. The summed E-state index contributed by atoms with van der Waals surface area (Å²) in [5.74, 6) is -0.208. The standard InChI is InChI=1S/C14H23O4.Sn/c1-3-5-8-13(10-7-12(16)17)14(11-15,18-13)9-6-4-2;/h3-10H2,1-2H3,(H,16,17);/q;+1/p-1. The molecule has 1 aliphatic heterocycles. The molecule has 2 unspecified atom stereocenters. The van der Waals surface area contributed by atoms with Gasteiger partial charge in [-0.2, -0.15) is 0 Å². The SMILES string of the molecule is CCCCC1([C]=O)OC1(CCCC)CCC(=O)[O][Sn]. The van der Waals surface area contributed by atoms with E-state index in [1.807, 2.05) is 0 Å². The van der Waals surface area contributed by atoms with Crippen molar-refractivity contribution >= 4 is 35.2 Å². The molecule has 4 radical (unpaired) electrons. The third-order valence-corrected chi connectivity index (χ3v) is 4.54. The Morgan fingerprint density at radius 1 is 1.21 bits per heavy atom. The Labute approximate surface area is 129 Å². The topological polar surface area (TPSA) is 55.9 Å². The number of unbranched alkanes of at least 4 members (excludes halogenated alkanes) is 2. The Balaban J connectivity index is 2.67. The molecule has 1 saturated heterocycles. The molecule has 2 atom stereocenters. The Morgan fingerprint density at radius 3 is 2.37 bits per heavy atom. The van der Waals surface area contributed by atoms with Crippen LogP contribution < -0.4 is 0 Å². The van der Waals surface area contributed by atoms with Crippen LogP contribution in [-0.4, -0.2) is 46.4 Å². The first-order valence-electron chi connectivity index (χ1n) is 7.05. The van der Waals surface area contributed by atoms with Crippen molar-refractivity contribution in [3.8, 4) is 0 Å². The van der Waals surface area contributed by atoms with Crippen LogP contribution in [0.3, 0.4) is 0 Å². The Bertz CT molecular complexity index is 321. The van der Waals surface area contributed by atoms with E-state index in [1.165, 1.54) is 0 Å². The normalized spacial score (nSPS) is 29.0. The predicted molar refractivity (Wildman–Crippen MR) is 72.4 cm³/mol. The summed E-state index contributed by atoms with van der Waals surface area (Å²) in [5, 5.41) is 0. The van der Waals surface area contributed by atoms with Crippen molar-refractivity contribution in [3.63, 3.8) is 0 Å². The van der Waals surface area contributed by atoms with Gasteiger partial charge < -0.3 is 0 Å². The molecule has 0 aromatic heterocycles. The van der Waals surface area contributed by atoms with Gasteiger partial charge in [0.2, 0.25) is 0 Å². The van der Waals surface area contributed by atoms with E-state index in [2.05, 4.69) is 20.1 Å². The van der Waals surface area contributed by atoms with Gasteiger partial charge in [0.05, 0.1) is 0 Å². The third-order valence-electron chi connectivity index (χ3n) is 3.89. The van der Waals surface area contributed by atoms with Crippen molar-refractivity contribution in [2.24, 2.45) is 0 Å². The number of ether oxygens (including phenoxy) is 1. The summed E-state index contributed by atoms with van der Waals surface area (Å²) in [6, 6.07) is 0. The second kappa shape index (κ2) is 7.62. The number of hydrogen-bond acceptors (Lipinski definition) is 4. The van der Waals surface area contributed by atoms with Gasteiger partial charge in [-0.3, -0.25) is 0 Å². The molecule has 0 aliphatic carbocycles. The fourth-order valence-corrected chi connectivity index (χ4v) is 2.92. The van der Waals surface area contributed by atoms with E-state index in [-0.39, 0.29) is 5.97 Å². The second-order valence-electron chi connectivity index (χ2n) is 5.21. The Morgan fingerprint density at radius 2 is 1.84 bits per heavy atom. The average molecular weight is 373 g/mol. The first kappa shape index (κ1) is 17.0. The van der Waals surface area contributed by atoms with Gasteiger partial charge in [0.15, 0.2) is 0 Å². The molecule has 0 bridgehead atoms.